The standard InChI is InChI=1S/C26H36ClN3O5S/c1-7-19(4)28-26(32)23(8-2)29(16-20-10-9-11-22(14-20)35-5)25(31)17-30(36(6,33)34)24-15-21(27)13-12-18(24)3/h9-15,19,23H,7-8,16-17H2,1-6H3,(H,28,32)/t19-,23+/m1/s1. The minimum Gasteiger partial charge on any atom is -0.497 e. The summed E-state index contributed by atoms with van der Waals surface area (Å²) in [5.74, 6) is -0.175. The molecule has 0 spiro atoms. The Morgan fingerprint density at radius 1 is 1.11 bits per heavy atom. The normalized spacial score (nSPS) is 13.0. The van der Waals surface area contributed by atoms with Gasteiger partial charge in [-0.25, -0.2) is 8.42 Å². The molecule has 0 bridgehead atoms. The van der Waals surface area contributed by atoms with E-state index in [2.05, 4.69) is 5.32 Å². The minimum absolute atomic E-state index is 0.0676. The summed E-state index contributed by atoms with van der Waals surface area (Å²) in [7, 11) is -2.29. The van der Waals surface area contributed by atoms with Crippen molar-refractivity contribution in [2.75, 3.05) is 24.2 Å². The maximum absolute atomic E-state index is 13.8. The van der Waals surface area contributed by atoms with Gasteiger partial charge in [0, 0.05) is 17.6 Å². The van der Waals surface area contributed by atoms with Crippen molar-refractivity contribution in [1.82, 2.24) is 10.2 Å². The van der Waals surface area contributed by atoms with Crippen molar-refractivity contribution >= 4 is 39.1 Å². The van der Waals surface area contributed by atoms with Gasteiger partial charge in [0.15, 0.2) is 0 Å². The van der Waals surface area contributed by atoms with Gasteiger partial charge in [-0.15, -0.1) is 0 Å². The highest BCUT2D eigenvalue weighted by molar-refractivity contribution is 7.92. The summed E-state index contributed by atoms with van der Waals surface area (Å²) >= 11 is 6.14. The molecule has 0 aromatic heterocycles. The van der Waals surface area contributed by atoms with Crippen LogP contribution in [-0.2, 0) is 26.2 Å². The Balaban J connectivity index is 2.50. The summed E-state index contributed by atoms with van der Waals surface area (Å²) in [5.41, 5.74) is 1.72. The fourth-order valence-electron chi connectivity index (χ4n) is 3.77. The molecular weight excluding hydrogens is 502 g/mol. The number of nitrogens with one attached hydrogen (secondary N) is 1. The van der Waals surface area contributed by atoms with E-state index < -0.39 is 28.5 Å². The molecule has 0 saturated heterocycles. The molecule has 0 radical (unpaired) electrons. The van der Waals surface area contributed by atoms with Crippen molar-refractivity contribution in [2.45, 2.75) is 59.2 Å². The number of carbonyl (C=O) groups excluding carboxylic acids is 2. The van der Waals surface area contributed by atoms with E-state index in [9.17, 15) is 18.0 Å². The molecule has 0 aliphatic rings. The lowest BCUT2D eigenvalue weighted by molar-refractivity contribution is -0.140. The zero-order valence-corrected chi connectivity index (χ0v) is 23.3. The van der Waals surface area contributed by atoms with Crippen LogP contribution in [0.4, 0.5) is 5.69 Å². The highest BCUT2D eigenvalue weighted by atomic mass is 35.5. The number of carbonyl (C=O) groups is 2. The maximum atomic E-state index is 13.8. The lowest BCUT2D eigenvalue weighted by Crippen LogP contribution is -2.53. The van der Waals surface area contributed by atoms with Gasteiger partial charge in [-0.3, -0.25) is 13.9 Å². The van der Waals surface area contributed by atoms with Crippen molar-refractivity contribution in [2.24, 2.45) is 0 Å². The van der Waals surface area contributed by atoms with E-state index in [1.807, 2.05) is 26.8 Å². The number of anilines is 1. The van der Waals surface area contributed by atoms with E-state index in [0.717, 1.165) is 22.5 Å². The highest BCUT2D eigenvalue weighted by Gasteiger charge is 2.32. The number of sulfonamides is 1. The molecule has 2 rings (SSSR count). The topological polar surface area (TPSA) is 96.0 Å². The molecule has 1 N–H and O–H groups in total. The van der Waals surface area contributed by atoms with Gasteiger partial charge in [-0.05, 0) is 62.1 Å². The first-order valence-corrected chi connectivity index (χ1v) is 14.1. The van der Waals surface area contributed by atoms with E-state index >= 15 is 0 Å². The molecule has 0 aliphatic heterocycles. The second-order valence-corrected chi connectivity index (χ2v) is 11.2. The predicted octanol–water partition coefficient (Wildman–Crippen LogP) is 4.15. The number of methoxy groups -OCH3 is 1. The quantitative estimate of drug-likeness (QED) is 0.439. The van der Waals surface area contributed by atoms with Crippen molar-refractivity contribution in [1.29, 1.82) is 0 Å². The first-order chi connectivity index (χ1) is 16.9. The number of hydrogen-bond donors (Lipinski definition) is 1. The first kappa shape index (κ1) is 29.5. The van der Waals surface area contributed by atoms with Crippen LogP contribution in [0.15, 0.2) is 42.5 Å². The highest BCUT2D eigenvalue weighted by Crippen LogP contribution is 2.27. The summed E-state index contributed by atoms with van der Waals surface area (Å²) in [4.78, 5) is 28.4. The van der Waals surface area contributed by atoms with Crippen LogP contribution in [0.1, 0.15) is 44.7 Å². The van der Waals surface area contributed by atoms with Crippen LogP contribution in [0.5, 0.6) is 5.75 Å². The van der Waals surface area contributed by atoms with Crippen LogP contribution in [-0.4, -0.2) is 57.1 Å². The fraction of sp³-hybridized carbons (Fsp3) is 0.462. The number of nitrogens with zero attached hydrogens (tertiary/aromatic N) is 2. The number of ether oxygens (including phenoxy) is 1. The number of halogens is 1. The number of rotatable bonds is 12. The fourth-order valence-corrected chi connectivity index (χ4v) is 4.84. The zero-order chi connectivity index (χ0) is 27.0. The van der Waals surface area contributed by atoms with Gasteiger partial charge in [0.05, 0.1) is 19.1 Å². The molecule has 0 fully saturated rings. The lowest BCUT2D eigenvalue weighted by Gasteiger charge is -2.33. The zero-order valence-electron chi connectivity index (χ0n) is 21.7. The lowest BCUT2D eigenvalue weighted by atomic mass is 10.1. The van der Waals surface area contributed by atoms with E-state index in [0.29, 0.717) is 28.4 Å². The van der Waals surface area contributed by atoms with Crippen molar-refractivity contribution in [3.05, 3.63) is 58.6 Å². The summed E-state index contributed by atoms with van der Waals surface area (Å²) in [5, 5.41) is 3.30. The molecule has 2 atom stereocenters. The van der Waals surface area contributed by atoms with Gasteiger partial charge in [0.25, 0.3) is 0 Å². The molecule has 0 aliphatic carbocycles. The minimum atomic E-state index is -3.84. The molecule has 0 heterocycles. The molecule has 0 unspecified atom stereocenters. The van der Waals surface area contributed by atoms with Crippen LogP contribution in [0, 0.1) is 6.92 Å². The van der Waals surface area contributed by atoms with Crippen LogP contribution in [0.2, 0.25) is 5.02 Å². The van der Waals surface area contributed by atoms with Crippen molar-refractivity contribution < 1.29 is 22.7 Å². The maximum Gasteiger partial charge on any atom is 0.244 e. The van der Waals surface area contributed by atoms with Crippen molar-refractivity contribution in [3.63, 3.8) is 0 Å². The van der Waals surface area contributed by atoms with Crippen LogP contribution in [0.3, 0.4) is 0 Å². The molecule has 8 nitrogen and oxygen atoms in total. The summed E-state index contributed by atoms with van der Waals surface area (Å²) in [6.07, 6.45) is 2.13. The molecule has 36 heavy (non-hydrogen) atoms. The average molecular weight is 538 g/mol. The number of benzene rings is 2. The Bertz CT molecular complexity index is 1170. The molecule has 10 heteroatoms. The van der Waals surface area contributed by atoms with Crippen LogP contribution < -0.4 is 14.4 Å². The third-order valence-corrected chi connectivity index (χ3v) is 7.35. The molecule has 2 aromatic carbocycles. The molecule has 198 valence electrons. The first-order valence-electron chi connectivity index (χ1n) is 11.9. The van der Waals surface area contributed by atoms with Crippen LogP contribution in [0.25, 0.3) is 0 Å². The molecule has 2 amide bonds. The van der Waals surface area contributed by atoms with Gasteiger partial charge >= 0.3 is 0 Å². The van der Waals surface area contributed by atoms with Gasteiger partial charge in [-0.1, -0.05) is 43.6 Å². The number of aryl methyl sites for hydroxylation is 1. The Morgan fingerprint density at radius 3 is 2.39 bits per heavy atom. The summed E-state index contributed by atoms with van der Waals surface area (Å²) in [6, 6.07) is 11.2. The van der Waals surface area contributed by atoms with Gasteiger partial charge < -0.3 is 15.0 Å². The van der Waals surface area contributed by atoms with E-state index in [-0.39, 0.29) is 18.5 Å². The predicted molar refractivity (Wildman–Crippen MR) is 144 cm³/mol. The molecule has 0 saturated carbocycles. The monoisotopic (exact) mass is 537 g/mol. The molecular formula is C26H36ClN3O5S. The Hall–Kier alpha value is -2.78. The Kier molecular flexibility index (Phi) is 10.6. The Morgan fingerprint density at radius 2 is 1.81 bits per heavy atom. The van der Waals surface area contributed by atoms with E-state index in [4.69, 9.17) is 16.3 Å². The van der Waals surface area contributed by atoms with E-state index in [1.54, 1.807) is 44.4 Å². The van der Waals surface area contributed by atoms with Crippen LogP contribution >= 0.6 is 11.6 Å². The molecule has 2 aromatic rings. The smallest absolute Gasteiger partial charge is 0.244 e. The average Bonchev–Trinajstić information content (AvgIpc) is 2.83. The second-order valence-electron chi connectivity index (χ2n) is 8.82. The van der Waals surface area contributed by atoms with Gasteiger partial charge in [-0.2, -0.15) is 0 Å². The second kappa shape index (κ2) is 13.0. The largest absolute Gasteiger partial charge is 0.497 e. The van der Waals surface area contributed by atoms with Gasteiger partial charge in [0.2, 0.25) is 21.8 Å². The summed E-state index contributed by atoms with van der Waals surface area (Å²) in [6.45, 7) is 7.05. The Labute approximate surface area is 219 Å². The SMILES string of the molecule is CC[C@@H](C)NC(=O)[C@H](CC)N(Cc1cccc(OC)c1)C(=O)CN(c1cc(Cl)ccc1C)S(C)(=O)=O. The van der Waals surface area contributed by atoms with Gasteiger partial charge in [0.1, 0.15) is 18.3 Å². The van der Waals surface area contributed by atoms with E-state index in [1.165, 1.54) is 11.0 Å². The number of amides is 2. The third kappa shape index (κ3) is 7.86. The summed E-state index contributed by atoms with van der Waals surface area (Å²) < 4.78 is 31.9. The van der Waals surface area contributed by atoms with Crippen molar-refractivity contribution in [3.8, 4) is 5.75 Å². The third-order valence-electron chi connectivity index (χ3n) is 5.99. The number of hydrogen-bond acceptors (Lipinski definition) is 5.